The second kappa shape index (κ2) is 8.51. The summed E-state index contributed by atoms with van der Waals surface area (Å²) in [5.74, 6) is -0.161. The van der Waals surface area contributed by atoms with Crippen LogP contribution in [0.2, 0.25) is 0 Å². The van der Waals surface area contributed by atoms with E-state index in [0.717, 1.165) is 49.1 Å². The van der Waals surface area contributed by atoms with E-state index in [1.54, 1.807) is 18.2 Å². The number of thioether (sulfide) groups is 1. The maximum atomic E-state index is 13.9. The zero-order chi connectivity index (χ0) is 20.4. The Morgan fingerprint density at radius 3 is 2.90 bits per heavy atom. The highest BCUT2D eigenvalue weighted by Gasteiger charge is 2.22. The van der Waals surface area contributed by atoms with Gasteiger partial charge in [0.2, 0.25) is 0 Å². The summed E-state index contributed by atoms with van der Waals surface area (Å²) in [6, 6.07) is 8.13. The maximum absolute atomic E-state index is 13.9. The minimum absolute atomic E-state index is 0.00710. The first kappa shape index (κ1) is 19.8. The van der Waals surface area contributed by atoms with Crippen LogP contribution in [0.15, 0.2) is 40.0 Å². The molecule has 8 heteroatoms. The molecule has 0 N–H and O–H groups in total. The van der Waals surface area contributed by atoms with Gasteiger partial charge in [0.25, 0.3) is 11.1 Å². The molecule has 1 fully saturated rings. The standard InChI is InChI=1S/C21H22FN3O3S/c1-13-10-17(14(2)25(13)11-15-6-5-9-27-15)19(26)12-29-21-24-23-20(28-21)16-7-3-4-8-18(16)22/h3-4,7-8,10,15H,5-6,9,11-12H2,1-2H3. The Morgan fingerprint density at radius 1 is 1.31 bits per heavy atom. The fraction of sp³-hybridized carbons (Fsp3) is 0.381. The molecule has 0 radical (unpaired) electrons. The van der Waals surface area contributed by atoms with Crippen LogP contribution in [-0.2, 0) is 11.3 Å². The van der Waals surface area contributed by atoms with E-state index in [1.165, 1.54) is 6.07 Å². The SMILES string of the molecule is Cc1cc(C(=O)CSc2nnc(-c3ccccc3F)o2)c(C)n1CC1CCCO1. The first-order chi connectivity index (χ1) is 14.0. The van der Waals surface area contributed by atoms with Crippen molar-refractivity contribution in [1.82, 2.24) is 14.8 Å². The van der Waals surface area contributed by atoms with E-state index in [1.807, 2.05) is 19.9 Å². The molecule has 0 aliphatic carbocycles. The summed E-state index contributed by atoms with van der Waals surface area (Å²) in [7, 11) is 0. The topological polar surface area (TPSA) is 70.2 Å². The predicted octanol–water partition coefficient (Wildman–Crippen LogP) is 4.45. The largest absolute Gasteiger partial charge is 0.411 e. The van der Waals surface area contributed by atoms with Gasteiger partial charge in [-0.15, -0.1) is 10.2 Å². The number of nitrogens with zero attached hydrogens (tertiary/aromatic N) is 3. The van der Waals surface area contributed by atoms with E-state index in [-0.39, 0.29) is 34.3 Å². The van der Waals surface area contributed by atoms with E-state index in [0.29, 0.717) is 5.56 Å². The first-order valence-electron chi connectivity index (χ1n) is 9.55. The monoisotopic (exact) mass is 415 g/mol. The van der Waals surface area contributed by atoms with Crippen molar-refractivity contribution in [3.8, 4) is 11.5 Å². The van der Waals surface area contributed by atoms with Gasteiger partial charge in [-0.25, -0.2) is 4.39 Å². The van der Waals surface area contributed by atoms with E-state index < -0.39 is 5.82 Å². The normalized spacial score (nSPS) is 16.4. The number of halogens is 1. The molecule has 2 aromatic heterocycles. The molecule has 0 amide bonds. The van der Waals surface area contributed by atoms with Gasteiger partial charge in [-0.1, -0.05) is 23.9 Å². The highest BCUT2D eigenvalue weighted by Crippen LogP contribution is 2.27. The zero-order valence-corrected chi connectivity index (χ0v) is 17.2. The molecule has 4 rings (SSSR count). The van der Waals surface area contributed by atoms with Gasteiger partial charge < -0.3 is 13.7 Å². The molecule has 1 unspecified atom stereocenters. The third-order valence-electron chi connectivity index (χ3n) is 5.12. The summed E-state index contributed by atoms with van der Waals surface area (Å²) in [4.78, 5) is 12.8. The lowest BCUT2D eigenvalue weighted by Crippen LogP contribution is -2.17. The Morgan fingerprint density at radius 2 is 2.14 bits per heavy atom. The van der Waals surface area contributed by atoms with Crippen LogP contribution in [0.25, 0.3) is 11.5 Å². The number of aromatic nitrogens is 3. The van der Waals surface area contributed by atoms with Crippen molar-refractivity contribution < 1.29 is 18.3 Å². The van der Waals surface area contributed by atoms with Crippen molar-refractivity contribution in [3.05, 3.63) is 53.1 Å². The second-order valence-corrected chi connectivity index (χ2v) is 8.02. The molecular formula is C21H22FN3O3S. The lowest BCUT2D eigenvalue weighted by molar-refractivity contribution is 0.0957. The molecule has 1 aromatic carbocycles. The smallest absolute Gasteiger partial charge is 0.277 e. The Labute approximate surface area is 172 Å². The quantitative estimate of drug-likeness (QED) is 0.419. The maximum Gasteiger partial charge on any atom is 0.277 e. The second-order valence-electron chi connectivity index (χ2n) is 7.10. The van der Waals surface area contributed by atoms with E-state index >= 15 is 0 Å². The summed E-state index contributed by atoms with van der Waals surface area (Å²) >= 11 is 1.16. The van der Waals surface area contributed by atoms with Crippen molar-refractivity contribution in [1.29, 1.82) is 0 Å². The molecule has 0 spiro atoms. The Hall–Kier alpha value is -2.45. The van der Waals surface area contributed by atoms with Gasteiger partial charge in [-0.2, -0.15) is 0 Å². The van der Waals surface area contributed by atoms with Crippen molar-refractivity contribution in [2.75, 3.05) is 12.4 Å². The molecule has 0 saturated carbocycles. The number of rotatable bonds is 7. The number of ether oxygens (including phenoxy) is 1. The molecule has 0 bridgehead atoms. The van der Waals surface area contributed by atoms with Crippen LogP contribution in [0.5, 0.6) is 0 Å². The zero-order valence-electron chi connectivity index (χ0n) is 16.4. The molecule has 1 aliphatic rings. The number of carbonyl (C=O) groups excluding carboxylic acids is 1. The van der Waals surface area contributed by atoms with Crippen LogP contribution in [-0.4, -0.2) is 39.0 Å². The van der Waals surface area contributed by atoms with Crippen LogP contribution < -0.4 is 0 Å². The highest BCUT2D eigenvalue weighted by atomic mass is 32.2. The van der Waals surface area contributed by atoms with Gasteiger partial charge in [0.1, 0.15) is 5.82 Å². The minimum Gasteiger partial charge on any atom is -0.411 e. The number of ketones is 1. The lowest BCUT2D eigenvalue weighted by Gasteiger charge is -2.14. The van der Waals surface area contributed by atoms with Gasteiger partial charge in [-0.05, 0) is 44.9 Å². The van der Waals surface area contributed by atoms with Gasteiger partial charge >= 0.3 is 0 Å². The number of Topliss-reactive ketones (excluding diaryl/α,β-unsaturated/α-hetero) is 1. The molecule has 1 saturated heterocycles. The molecule has 29 heavy (non-hydrogen) atoms. The highest BCUT2D eigenvalue weighted by molar-refractivity contribution is 7.99. The predicted molar refractivity (Wildman–Crippen MR) is 108 cm³/mol. The number of benzene rings is 1. The summed E-state index contributed by atoms with van der Waals surface area (Å²) in [5, 5.41) is 8.04. The molecular weight excluding hydrogens is 393 g/mol. The first-order valence-corrected chi connectivity index (χ1v) is 10.5. The molecule has 3 aromatic rings. The summed E-state index contributed by atoms with van der Waals surface area (Å²) in [6.45, 7) is 5.55. The number of hydrogen-bond acceptors (Lipinski definition) is 6. The van der Waals surface area contributed by atoms with Crippen LogP contribution in [0.4, 0.5) is 4.39 Å². The van der Waals surface area contributed by atoms with Crippen LogP contribution in [0, 0.1) is 19.7 Å². The molecule has 3 heterocycles. The average Bonchev–Trinajstić information content (AvgIpc) is 3.44. The minimum atomic E-state index is -0.428. The van der Waals surface area contributed by atoms with Gasteiger partial charge in [0.15, 0.2) is 5.78 Å². The van der Waals surface area contributed by atoms with Gasteiger partial charge in [-0.3, -0.25) is 4.79 Å². The number of aryl methyl sites for hydroxylation is 1. The molecule has 152 valence electrons. The van der Waals surface area contributed by atoms with Gasteiger partial charge in [0, 0.05) is 30.1 Å². The van der Waals surface area contributed by atoms with Crippen LogP contribution in [0.3, 0.4) is 0 Å². The van der Waals surface area contributed by atoms with E-state index in [9.17, 15) is 9.18 Å². The Bertz CT molecular complexity index is 1020. The number of hydrogen-bond donors (Lipinski definition) is 0. The summed E-state index contributed by atoms with van der Waals surface area (Å²) in [5.41, 5.74) is 2.94. The van der Waals surface area contributed by atoms with Crippen molar-refractivity contribution in [2.24, 2.45) is 0 Å². The fourth-order valence-electron chi connectivity index (χ4n) is 3.57. The fourth-order valence-corrected chi connectivity index (χ4v) is 4.22. The summed E-state index contributed by atoms with van der Waals surface area (Å²) in [6.07, 6.45) is 2.36. The molecule has 1 atom stereocenters. The average molecular weight is 415 g/mol. The third-order valence-corrected chi connectivity index (χ3v) is 5.94. The molecule has 1 aliphatic heterocycles. The van der Waals surface area contributed by atoms with Crippen molar-refractivity contribution in [3.63, 3.8) is 0 Å². The van der Waals surface area contributed by atoms with Crippen LogP contribution in [0.1, 0.15) is 34.6 Å². The Balaban J connectivity index is 1.42. The van der Waals surface area contributed by atoms with Crippen molar-refractivity contribution in [2.45, 2.75) is 44.6 Å². The lowest BCUT2D eigenvalue weighted by atomic mass is 10.2. The van der Waals surface area contributed by atoms with Crippen molar-refractivity contribution >= 4 is 17.5 Å². The Kier molecular flexibility index (Phi) is 5.82. The summed E-state index contributed by atoms with van der Waals surface area (Å²) < 4.78 is 27.2. The van der Waals surface area contributed by atoms with Gasteiger partial charge in [0.05, 0.1) is 17.4 Å². The molecule has 6 nitrogen and oxygen atoms in total. The number of carbonyl (C=O) groups is 1. The third kappa shape index (κ3) is 4.28. The van der Waals surface area contributed by atoms with E-state index in [2.05, 4.69) is 14.8 Å². The van der Waals surface area contributed by atoms with E-state index in [4.69, 9.17) is 9.15 Å². The van der Waals surface area contributed by atoms with Crippen LogP contribution >= 0.6 is 11.8 Å².